The first-order valence-corrected chi connectivity index (χ1v) is 7.74. The standard InChI is InChI=1S/C18H18O6/c1-21-16-5-10(7-19)4-12-13(8-20)17(24-18(12)16)11-2-3-14-15(6-11)23-9-22-14/h2-6,13,17,19-20H,7-9H2,1H3/t13-,17+/m1/s1. The quantitative estimate of drug-likeness (QED) is 0.894. The van der Waals surface area contributed by atoms with Crippen LogP contribution in [0.15, 0.2) is 30.3 Å². The Labute approximate surface area is 139 Å². The van der Waals surface area contributed by atoms with E-state index < -0.39 is 0 Å². The van der Waals surface area contributed by atoms with Crippen molar-refractivity contribution in [2.24, 2.45) is 0 Å². The summed E-state index contributed by atoms with van der Waals surface area (Å²) in [5.41, 5.74) is 2.45. The van der Waals surface area contributed by atoms with E-state index in [-0.39, 0.29) is 32.0 Å². The molecule has 126 valence electrons. The maximum Gasteiger partial charge on any atom is 0.231 e. The number of ether oxygens (including phenoxy) is 4. The largest absolute Gasteiger partial charge is 0.493 e. The Hall–Kier alpha value is -2.44. The van der Waals surface area contributed by atoms with Crippen molar-refractivity contribution in [1.29, 1.82) is 0 Å². The summed E-state index contributed by atoms with van der Waals surface area (Å²) < 4.78 is 22.3. The normalized spacial score (nSPS) is 20.6. The molecule has 2 aliphatic rings. The second-order valence-electron chi connectivity index (χ2n) is 5.81. The summed E-state index contributed by atoms with van der Waals surface area (Å²) in [6.45, 7) is 0.0300. The lowest BCUT2D eigenvalue weighted by Gasteiger charge is -2.18. The van der Waals surface area contributed by atoms with Crippen LogP contribution in [-0.4, -0.2) is 30.7 Å². The molecule has 0 radical (unpaired) electrons. The van der Waals surface area contributed by atoms with Crippen molar-refractivity contribution >= 4 is 0 Å². The summed E-state index contributed by atoms with van der Waals surface area (Å²) in [6.07, 6.45) is -0.359. The van der Waals surface area contributed by atoms with Crippen LogP contribution in [0.5, 0.6) is 23.0 Å². The van der Waals surface area contributed by atoms with Gasteiger partial charge in [-0.25, -0.2) is 0 Å². The van der Waals surface area contributed by atoms with Crippen LogP contribution in [0.3, 0.4) is 0 Å². The molecule has 0 aliphatic carbocycles. The molecule has 6 heteroatoms. The first kappa shape index (κ1) is 15.1. The fourth-order valence-corrected chi connectivity index (χ4v) is 3.28. The van der Waals surface area contributed by atoms with Crippen LogP contribution in [0.2, 0.25) is 0 Å². The van der Waals surface area contributed by atoms with Crippen LogP contribution in [0.1, 0.15) is 28.7 Å². The van der Waals surface area contributed by atoms with E-state index in [1.54, 1.807) is 13.2 Å². The predicted octanol–water partition coefficient (Wildman–Crippen LogP) is 2.13. The third kappa shape index (κ3) is 2.26. The average molecular weight is 330 g/mol. The molecule has 2 aliphatic heterocycles. The molecular formula is C18H18O6. The predicted molar refractivity (Wildman–Crippen MR) is 84.7 cm³/mol. The zero-order valence-corrected chi connectivity index (χ0v) is 13.2. The van der Waals surface area contributed by atoms with Gasteiger partial charge in [-0.05, 0) is 35.4 Å². The van der Waals surface area contributed by atoms with Crippen LogP contribution >= 0.6 is 0 Å². The molecule has 0 unspecified atom stereocenters. The molecule has 2 aromatic carbocycles. The number of aliphatic hydroxyl groups excluding tert-OH is 2. The molecular weight excluding hydrogens is 312 g/mol. The number of hydrogen-bond donors (Lipinski definition) is 2. The topological polar surface area (TPSA) is 77.4 Å². The Morgan fingerprint density at radius 3 is 2.71 bits per heavy atom. The Kier molecular flexibility index (Phi) is 3.70. The van der Waals surface area contributed by atoms with Gasteiger partial charge in [-0.15, -0.1) is 0 Å². The maximum absolute atomic E-state index is 9.93. The summed E-state index contributed by atoms with van der Waals surface area (Å²) in [5, 5.41) is 19.4. The minimum atomic E-state index is -0.359. The van der Waals surface area contributed by atoms with E-state index >= 15 is 0 Å². The molecule has 2 heterocycles. The number of rotatable bonds is 4. The van der Waals surface area contributed by atoms with Gasteiger partial charge in [-0.1, -0.05) is 6.07 Å². The van der Waals surface area contributed by atoms with Crippen LogP contribution < -0.4 is 18.9 Å². The van der Waals surface area contributed by atoms with Gasteiger partial charge in [0.25, 0.3) is 0 Å². The first-order valence-electron chi connectivity index (χ1n) is 7.74. The molecule has 0 spiro atoms. The van der Waals surface area contributed by atoms with Gasteiger partial charge < -0.3 is 29.2 Å². The molecule has 2 N–H and O–H groups in total. The summed E-state index contributed by atoms with van der Waals surface area (Å²) in [7, 11) is 1.56. The Morgan fingerprint density at radius 2 is 1.96 bits per heavy atom. The molecule has 0 aromatic heterocycles. The molecule has 0 fully saturated rings. The molecule has 0 saturated carbocycles. The molecule has 0 bridgehead atoms. The lowest BCUT2D eigenvalue weighted by molar-refractivity contribution is 0.156. The van der Waals surface area contributed by atoms with Gasteiger partial charge in [0.15, 0.2) is 23.0 Å². The molecule has 0 amide bonds. The highest BCUT2D eigenvalue weighted by atomic mass is 16.7. The van der Waals surface area contributed by atoms with E-state index in [0.717, 1.165) is 16.7 Å². The zero-order valence-electron chi connectivity index (χ0n) is 13.2. The molecule has 2 aromatic rings. The Balaban J connectivity index is 1.76. The minimum Gasteiger partial charge on any atom is -0.493 e. The molecule has 4 rings (SSSR count). The zero-order chi connectivity index (χ0) is 16.7. The van der Waals surface area contributed by atoms with Crippen LogP contribution in [0.25, 0.3) is 0 Å². The summed E-state index contributed by atoms with van der Waals surface area (Å²) >= 11 is 0. The van der Waals surface area contributed by atoms with Gasteiger partial charge in [0.05, 0.1) is 26.2 Å². The van der Waals surface area contributed by atoms with Crippen LogP contribution in [0, 0.1) is 0 Å². The maximum atomic E-state index is 9.93. The number of hydrogen-bond acceptors (Lipinski definition) is 6. The van der Waals surface area contributed by atoms with E-state index in [1.165, 1.54) is 0 Å². The van der Waals surface area contributed by atoms with Crippen LogP contribution in [-0.2, 0) is 6.61 Å². The lowest BCUT2D eigenvalue weighted by atomic mass is 9.90. The van der Waals surface area contributed by atoms with Crippen molar-refractivity contribution in [1.82, 2.24) is 0 Å². The average Bonchev–Trinajstić information content (AvgIpc) is 3.23. The van der Waals surface area contributed by atoms with Gasteiger partial charge >= 0.3 is 0 Å². The highest BCUT2D eigenvalue weighted by Crippen LogP contribution is 2.51. The third-order valence-electron chi connectivity index (χ3n) is 4.48. The van der Waals surface area contributed by atoms with Gasteiger partial charge in [-0.2, -0.15) is 0 Å². The number of benzene rings is 2. The van der Waals surface area contributed by atoms with E-state index in [4.69, 9.17) is 18.9 Å². The summed E-state index contributed by atoms with van der Waals surface area (Å²) in [5.74, 6) is 2.29. The number of methoxy groups -OCH3 is 1. The SMILES string of the molecule is COc1cc(CO)cc2c1O[C@@H](c1ccc3c(c1)OCO3)[C@@H]2CO. The van der Waals surface area contributed by atoms with E-state index in [9.17, 15) is 10.2 Å². The summed E-state index contributed by atoms with van der Waals surface area (Å²) in [6, 6.07) is 9.23. The smallest absolute Gasteiger partial charge is 0.231 e. The summed E-state index contributed by atoms with van der Waals surface area (Å²) in [4.78, 5) is 0. The van der Waals surface area contributed by atoms with Gasteiger partial charge in [-0.3, -0.25) is 0 Å². The van der Waals surface area contributed by atoms with Crippen molar-refractivity contribution in [2.45, 2.75) is 18.6 Å². The van der Waals surface area contributed by atoms with Crippen molar-refractivity contribution < 1.29 is 29.2 Å². The Morgan fingerprint density at radius 1 is 1.12 bits per heavy atom. The fourth-order valence-electron chi connectivity index (χ4n) is 3.28. The van der Waals surface area contributed by atoms with E-state index in [2.05, 4.69) is 0 Å². The van der Waals surface area contributed by atoms with Crippen molar-refractivity contribution in [3.63, 3.8) is 0 Å². The lowest BCUT2D eigenvalue weighted by Crippen LogP contribution is -2.13. The molecule has 2 atom stereocenters. The first-order chi connectivity index (χ1) is 11.7. The van der Waals surface area contributed by atoms with E-state index in [0.29, 0.717) is 23.0 Å². The van der Waals surface area contributed by atoms with Crippen molar-refractivity contribution in [3.05, 3.63) is 47.0 Å². The number of aliphatic hydroxyl groups is 2. The minimum absolute atomic E-state index is 0.0792. The number of fused-ring (bicyclic) bond motifs is 2. The third-order valence-corrected chi connectivity index (χ3v) is 4.48. The molecule has 0 saturated heterocycles. The second-order valence-corrected chi connectivity index (χ2v) is 5.81. The van der Waals surface area contributed by atoms with Crippen molar-refractivity contribution in [3.8, 4) is 23.0 Å². The highest BCUT2D eigenvalue weighted by Gasteiger charge is 2.38. The molecule has 6 nitrogen and oxygen atoms in total. The highest BCUT2D eigenvalue weighted by molar-refractivity contribution is 5.56. The fraction of sp³-hybridized carbons (Fsp3) is 0.333. The van der Waals surface area contributed by atoms with Crippen LogP contribution in [0.4, 0.5) is 0 Å². The molecule has 24 heavy (non-hydrogen) atoms. The van der Waals surface area contributed by atoms with Gasteiger partial charge in [0.2, 0.25) is 6.79 Å². The van der Waals surface area contributed by atoms with Gasteiger partial charge in [0.1, 0.15) is 6.10 Å². The Bertz CT molecular complexity index is 772. The van der Waals surface area contributed by atoms with Gasteiger partial charge in [0, 0.05) is 5.56 Å². The monoisotopic (exact) mass is 330 g/mol. The van der Waals surface area contributed by atoms with Crippen molar-refractivity contribution in [2.75, 3.05) is 20.5 Å². The second kappa shape index (κ2) is 5.89. The van der Waals surface area contributed by atoms with E-state index in [1.807, 2.05) is 24.3 Å².